The largest absolute Gasteiger partial charge is 0.332 e. The van der Waals surface area contributed by atoms with Gasteiger partial charge in [0.1, 0.15) is 0 Å². The molecule has 0 fully saturated rings. The van der Waals surface area contributed by atoms with E-state index in [0.717, 1.165) is 10.2 Å². The number of imidazole rings is 1. The van der Waals surface area contributed by atoms with Crippen molar-refractivity contribution in [3.8, 4) is 5.69 Å². The monoisotopic (exact) mass is 289 g/mol. The van der Waals surface area contributed by atoms with E-state index in [0.29, 0.717) is 11.2 Å². The minimum absolute atomic E-state index is 0.184. The van der Waals surface area contributed by atoms with Crippen LogP contribution in [0.2, 0.25) is 0 Å². The normalized spacial score (nSPS) is 10.9. The first-order chi connectivity index (χ1) is 8.25. The smallest absolute Gasteiger partial charge is 0.304 e. The molecule has 3 rings (SSSR count). The maximum Gasteiger partial charge on any atom is 0.332 e. The SMILES string of the molecule is O=c1[nH]c2cc(Br)cnc2n1-c1ccccc1. The van der Waals surface area contributed by atoms with E-state index in [-0.39, 0.29) is 5.69 Å². The second-order valence-electron chi connectivity index (χ2n) is 3.63. The third kappa shape index (κ3) is 1.68. The molecule has 0 aliphatic heterocycles. The third-order valence-electron chi connectivity index (χ3n) is 2.50. The van der Waals surface area contributed by atoms with Crippen LogP contribution in [-0.4, -0.2) is 14.5 Å². The molecule has 0 unspecified atom stereocenters. The van der Waals surface area contributed by atoms with Gasteiger partial charge in [0.25, 0.3) is 0 Å². The van der Waals surface area contributed by atoms with E-state index in [4.69, 9.17) is 0 Å². The Bertz CT molecular complexity index is 730. The van der Waals surface area contributed by atoms with Crippen LogP contribution >= 0.6 is 15.9 Å². The Morgan fingerprint density at radius 3 is 2.76 bits per heavy atom. The van der Waals surface area contributed by atoms with E-state index in [2.05, 4.69) is 25.9 Å². The van der Waals surface area contributed by atoms with Crippen LogP contribution in [0.4, 0.5) is 0 Å². The van der Waals surface area contributed by atoms with E-state index >= 15 is 0 Å². The molecule has 3 aromatic rings. The van der Waals surface area contributed by atoms with Gasteiger partial charge in [0.05, 0.1) is 11.2 Å². The molecule has 0 aliphatic carbocycles. The lowest BCUT2D eigenvalue weighted by atomic mass is 10.3. The Hall–Kier alpha value is -1.88. The first-order valence-electron chi connectivity index (χ1n) is 5.07. The second kappa shape index (κ2) is 3.85. The summed E-state index contributed by atoms with van der Waals surface area (Å²) in [7, 11) is 0. The number of nitrogens with zero attached hydrogens (tertiary/aromatic N) is 2. The average molecular weight is 290 g/mol. The maximum absolute atomic E-state index is 11.9. The van der Waals surface area contributed by atoms with E-state index in [1.54, 1.807) is 10.8 Å². The quantitative estimate of drug-likeness (QED) is 0.748. The molecule has 0 spiro atoms. The van der Waals surface area contributed by atoms with Crippen LogP contribution in [0.3, 0.4) is 0 Å². The number of hydrogen-bond acceptors (Lipinski definition) is 2. The molecule has 0 atom stereocenters. The van der Waals surface area contributed by atoms with Crippen LogP contribution in [0.5, 0.6) is 0 Å². The molecule has 2 heterocycles. The van der Waals surface area contributed by atoms with Crippen molar-refractivity contribution in [2.75, 3.05) is 0 Å². The molecule has 0 saturated heterocycles. The number of nitrogens with one attached hydrogen (secondary N) is 1. The summed E-state index contributed by atoms with van der Waals surface area (Å²) < 4.78 is 2.40. The van der Waals surface area contributed by atoms with Crippen molar-refractivity contribution in [1.29, 1.82) is 0 Å². The first-order valence-corrected chi connectivity index (χ1v) is 5.87. The van der Waals surface area contributed by atoms with Crippen LogP contribution < -0.4 is 5.69 Å². The number of para-hydroxylation sites is 1. The average Bonchev–Trinajstić information content (AvgIpc) is 2.65. The van der Waals surface area contributed by atoms with Crippen molar-refractivity contribution in [3.63, 3.8) is 0 Å². The van der Waals surface area contributed by atoms with Gasteiger partial charge in [-0.3, -0.25) is 0 Å². The highest BCUT2D eigenvalue weighted by atomic mass is 79.9. The van der Waals surface area contributed by atoms with Gasteiger partial charge >= 0.3 is 5.69 Å². The summed E-state index contributed by atoms with van der Waals surface area (Å²) in [5.74, 6) is 0. The van der Waals surface area contributed by atoms with Crippen LogP contribution in [0.15, 0.2) is 51.9 Å². The van der Waals surface area contributed by atoms with Crippen molar-refractivity contribution < 1.29 is 0 Å². The summed E-state index contributed by atoms with van der Waals surface area (Å²) in [6.45, 7) is 0. The number of H-pyrrole nitrogens is 1. The summed E-state index contributed by atoms with van der Waals surface area (Å²) in [6.07, 6.45) is 1.68. The van der Waals surface area contributed by atoms with Gasteiger partial charge in [-0.2, -0.15) is 0 Å². The Labute approximate surface area is 105 Å². The van der Waals surface area contributed by atoms with E-state index in [1.807, 2.05) is 36.4 Å². The topological polar surface area (TPSA) is 50.7 Å². The molecule has 0 amide bonds. The number of pyridine rings is 1. The number of aromatic amines is 1. The van der Waals surface area contributed by atoms with Gasteiger partial charge in [-0.25, -0.2) is 14.3 Å². The fourth-order valence-electron chi connectivity index (χ4n) is 1.79. The minimum atomic E-state index is -0.184. The van der Waals surface area contributed by atoms with E-state index in [9.17, 15) is 4.79 Å². The van der Waals surface area contributed by atoms with Crippen molar-refractivity contribution in [2.24, 2.45) is 0 Å². The van der Waals surface area contributed by atoms with Gasteiger partial charge in [-0.1, -0.05) is 18.2 Å². The number of aromatic nitrogens is 3. The van der Waals surface area contributed by atoms with Gasteiger partial charge in [0, 0.05) is 10.7 Å². The maximum atomic E-state index is 11.9. The lowest BCUT2D eigenvalue weighted by molar-refractivity contribution is 1.000. The molecule has 0 saturated carbocycles. The van der Waals surface area contributed by atoms with Gasteiger partial charge in [0.15, 0.2) is 5.65 Å². The highest BCUT2D eigenvalue weighted by Gasteiger charge is 2.09. The standard InChI is InChI=1S/C12H8BrN3O/c13-8-6-10-11(14-7-8)16(12(17)15-10)9-4-2-1-3-5-9/h1-7H,(H,15,17). The lowest BCUT2D eigenvalue weighted by Gasteiger charge is -2.01. The van der Waals surface area contributed by atoms with Gasteiger partial charge < -0.3 is 4.98 Å². The first kappa shape index (κ1) is 10.3. The summed E-state index contributed by atoms with van der Waals surface area (Å²) in [6, 6.07) is 11.3. The van der Waals surface area contributed by atoms with E-state index < -0.39 is 0 Å². The molecule has 4 nitrogen and oxygen atoms in total. The Balaban J connectivity index is 2.37. The third-order valence-corrected chi connectivity index (χ3v) is 2.94. The lowest BCUT2D eigenvalue weighted by Crippen LogP contribution is -2.14. The highest BCUT2D eigenvalue weighted by molar-refractivity contribution is 9.10. The predicted octanol–water partition coefficient (Wildman–Crippen LogP) is 2.48. The van der Waals surface area contributed by atoms with Gasteiger partial charge in [-0.05, 0) is 34.1 Å². The Kier molecular flexibility index (Phi) is 2.33. The molecule has 84 valence electrons. The molecular formula is C12H8BrN3O. The van der Waals surface area contributed by atoms with Crippen molar-refractivity contribution in [2.45, 2.75) is 0 Å². The summed E-state index contributed by atoms with van der Waals surface area (Å²) in [5, 5.41) is 0. The zero-order valence-corrected chi connectivity index (χ0v) is 10.3. The van der Waals surface area contributed by atoms with Crippen molar-refractivity contribution in [3.05, 3.63) is 57.6 Å². The number of hydrogen-bond donors (Lipinski definition) is 1. The molecule has 2 aromatic heterocycles. The highest BCUT2D eigenvalue weighted by Crippen LogP contribution is 2.16. The zero-order valence-electron chi connectivity index (χ0n) is 8.72. The predicted molar refractivity (Wildman–Crippen MR) is 69.4 cm³/mol. The molecule has 5 heteroatoms. The Morgan fingerprint density at radius 2 is 2.00 bits per heavy atom. The summed E-state index contributed by atoms with van der Waals surface area (Å²) in [4.78, 5) is 18.9. The second-order valence-corrected chi connectivity index (χ2v) is 4.54. The molecule has 0 radical (unpaired) electrons. The molecule has 0 bridgehead atoms. The van der Waals surface area contributed by atoms with Gasteiger partial charge in [-0.15, -0.1) is 0 Å². The van der Waals surface area contributed by atoms with Crippen LogP contribution in [0.25, 0.3) is 16.9 Å². The number of benzene rings is 1. The Morgan fingerprint density at radius 1 is 1.24 bits per heavy atom. The molecule has 17 heavy (non-hydrogen) atoms. The number of halogens is 1. The molecule has 1 aromatic carbocycles. The van der Waals surface area contributed by atoms with Gasteiger partial charge in [0.2, 0.25) is 0 Å². The number of rotatable bonds is 1. The fourth-order valence-corrected chi connectivity index (χ4v) is 2.12. The molecule has 1 N–H and O–H groups in total. The summed E-state index contributed by atoms with van der Waals surface area (Å²) in [5.41, 5.74) is 1.97. The molecule has 0 aliphatic rings. The van der Waals surface area contributed by atoms with Crippen LogP contribution in [0.1, 0.15) is 0 Å². The van der Waals surface area contributed by atoms with E-state index in [1.165, 1.54) is 0 Å². The molecular weight excluding hydrogens is 282 g/mol. The van der Waals surface area contributed by atoms with Crippen molar-refractivity contribution in [1.82, 2.24) is 14.5 Å². The van der Waals surface area contributed by atoms with Crippen LogP contribution in [0, 0.1) is 0 Å². The minimum Gasteiger partial charge on any atom is -0.304 e. The van der Waals surface area contributed by atoms with Crippen molar-refractivity contribution >= 4 is 27.1 Å². The fraction of sp³-hybridized carbons (Fsp3) is 0. The summed E-state index contributed by atoms with van der Waals surface area (Å²) >= 11 is 3.33. The zero-order chi connectivity index (χ0) is 11.8. The number of fused-ring (bicyclic) bond motifs is 1. The van der Waals surface area contributed by atoms with Crippen LogP contribution in [-0.2, 0) is 0 Å².